The lowest BCUT2D eigenvalue weighted by Gasteiger charge is -2.54. The van der Waals surface area contributed by atoms with Gasteiger partial charge in [-0.05, 0) is 25.8 Å². The van der Waals surface area contributed by atoms with Crippen LogP contribution in [0.3, 0.4) is 0 Å². The second-order valence-electron chi connectivity index (χ2n) is 8.38. The molecule has 2 saturated carbocycles. The van der Waals surface area contributed by atoms with Crippen molar-refractivity contribution in [3.05, 3.63) is 23.8 Å². The molecule has 2 N–H and O–H groups in total. The summed E-state index contributed by atoms with van der Waals surface area (Å²) in [5.41, 5.74) is -1.00. The molecule has 0 amide bonds. The van der Waals surface area contributed by atoms with Gasteiger partial charge in [0, 0.05) is 29.9 Å². The van der Waals surface area contributed by atoms with Gasteiger partial charge in [0.05, 0.1) is 31.2 Å². The molecular weight excluding hydrogens is 408 g/mol. The van der Waals surface area contributed by atoms with Crippen molar-refractivity contribution in [1.82, 2.24) is 0 Å². The predicted molar refractivity (Wildman–Crippen MR) is 107 cm³/mol. The number of aliphatic hydroxyl groups excluding tert-OH is 2. The molecule has 2 aliphatic carbocycles. The minimum absolute atomic E-state index is 0.0469. The Kier molecular flexibility index (Phi) is 7.77. The van der Waals surface area contributed by atoms with Crippen molar-refractivity contribution < 1.29 is 43.6 Å². The number of ketones is 1. The highest BCUT2D eigenvalue weighted by atomic mass is 16.5. The van der Waals surface area contributed by atoms with Crippen LogP contribution in [0.2, 0.25) is 0 Å². The molecule has 0 bridgehead atoms. The molecule has 0 aliphatic heterocycles. The van der Waals surface area contributed by atoms with Gasteiger partial charge >= 0.3 is 17.9 Å². The minimum Gasteiger partial charge on any atom is -0.466 e. The Morgan fingerprint density at radius 2 is 1.87 bits per heavy atom. The number of carbonyl (C=O) groups excluding carboxylic acids is 4. The summed E-state index contributed by atoms with van der Waals surface area (Å²) in [5, 5.41) is 21.7. The van der Waals surface area contributed by atoms with Crippen LogP contribution in [0.25, 0.3) is 0 Å². The number of aliphatic hydroxyl groups is 2. The Morgan fingerprint density at radius 3 is 2.45 bits per heavy atom. The Morgan fingerprint density at radius 1 is 1.23 bits per heavy atom. The van der Waals surface area contributed by atoms with Crippen molar-refractivity contribution in [3.8, 4) is 0 Å². The number of fused-ring (bicyclic) bond motifs is 1. The third-order valence-electron chi connectivity index (χ3n) is 6.34. The van der Waals surface area contributed by atoms with E-state index in [0.717, 1.165) is 7.11 Å². The first-order valence-electron chi connectivity index (χ1n) is 10.1. The molecule has 2 aliphatic rings. The Balaban J connectivity index is 2.35. The zero-order valence-electron chi connectivity index (χ0n) is 18.3. The quantitative estimate of drug-likeness (QED) is 0.351. The first-order valence-corrected chi connectivity index (χ1v) is 10.1. The van der Waals surface area contributed by atoms with Gasteiger partial charge in [0.2, 0.25) is 0 Å². The predicted octanol–water partition coefficient (Wildman–Crippen LogP) is 0.864. The van der Waals surface area contributed by atoms with Crippen LogP contribution in [0.1, 0.15) is 40.0 Å². The van der Waals surface area contributed by atoms with Crippen molar-refractivity contribution >= 4 is 23.7 Å². The third kappa shape index (κ3) is 5.04. The third-order valence-corrected chi connectivity index (χ3v) is 6.34. The van der Waals surface area contributed by atoms with E-state index >= 15 is 0 Å². The van der Waals surface area contributed by atoms with Crippen LogP contribution < -0.4 is 0 Å². The summed E-state index contributed by atoms with van der Waals surface area (Å²) < 4.78 is 15.1. The maximum absolute atomic E-state index is 12.6. The highest BCUT2D eigenvalue weighted by Gasteiger charge is 2.60. The van der Waals surface area contributed by atoms with Gasteiger partial charge in [-0.25, -0.2) is 9.59 Å². The fourth-order valence-corrected chi connectivity index (χ4v) is 4.58. The molecule has 0 spiro atoms. The van der Waals surface area contributed by atoms with Gasteiger partial charge in [0.1, 0.15) is 18.5 Å². The van der Waals surface area contributed by atoms with E-state index in [1.54, 1.807) is 6.92 Å². The highest BCUT2D eigenvalue weighted by Crippen LogP contribution is 2.52. The molecule has 0 aromatic carbocycles. The van der Waals surface area contributed by atoms with Crippen LogP contribution in [0.15, 0.2) is 23.8 Å². The van der Waals surface area contributed by atoms with E-state index in [4.69, 9.17) is 14.2 Å². The molecule has 2 fully saturated rings. The normalized spacial score (nSPS) is 33.2. The van der Waals surface area contributed by atoms with Crippen molar-refractivity contribution in [2.75, 3.05) is 13.7 Å². The van der Waals surface area contributed by atoms with E-state index in [9.17, 15) is 29.4 Å². The molecule has 0 saturated heterocycles. The molecule has 9 nitrogen and oxygen atoms in total. The molecule has 0 aromatic rings. The summed E-state index contributed by atoms with van der Waals surface area (Å²) >= 11 is 0. The van der Waals surface area contributed by atoms with Crippen molar-refractivity contribution in [3.63, 3.8) is 0 Å². The summed E-state index contributed by atoms with van der Waals surface area (Å²) in [6, 6.07) is 0. The number of hydrogen-bond donors (Lipinski definition) is 2. The van der Waals surface area contributed by atoms with E-state index < -0.39 is 53.5 Å². The molecule has 0 aromatic heterocycles. The molecule has 0 radical (unpaired) electrons. The number of Topliss-reactive ketones (excluding diaryl/α,β-unsaturated/α-hetero) is 1. The second-order valence-corrected chi connectivity index (χ2v) is 8.38. The number of ether oxygens (including phenoxy) is 3. The number of hydrogen-bond acceptors (Lipinski definition) is 9. The van der Waals surface area contributed by atoms with Gasteiger partial charge in [0.25, 0.3) is 0 Å². The van der Waals surface area contributed by atoms with Crippen LogP contribution >= 0.6 is 0 Å². The van der Waals surface area contributed by atoms with Crippen LogP contribution in [-0.2, 0) is 33.4 Å². The van der Waals surface area contributed by atoms with Gasteiger partial charge in [0.15, 0.2) is 0 Å². The second kappa shape index (κ2) is 9.74. The fraction of sp³-hybridized carbons (Fsp3) is 0.636. The average molecular weight is 438 g/mol. The van der Waals surface area contributed by atoms with E-state index in [-0.39, 0.29) is 42.8 Å². The van der Waals surface area contributed by atoms with Gasteiger partial charge in [-0.2, -0.15) is 0 Å². The molecule has 9 heteroatoms. The van der Waals surface area contributed by atoms with E-state index in [0.29, 0.717) is 0 Å². The molecule has 0 unspecified atom stereocenters. The smallest absolute Gasteiger partial charge is 0.333 e. The maximum Gasteiger partial charge on any atom is 0.333 e. The SMILES string of the molecule is C=C(C(=O)OC)[C@H]1[C@@H](O)[C@H]2C(=O)CC[C@@H](O)[C@]2(C)C[C@H]1OC(=O)/C(C)=C\COC(C)=O. The lowest BCUT2D eigenvalue weighted by Crippen LogP contribution is -2.62. The largest absolute Gasteiger partial charge is 0.466 e. The molecule has 6 atom stereocenters. The highest BCUT2D eigenvalue weighted by molar-refractivity contribution is 5.90. The topological polar surface area (TPSA) is 136 Å². The van der Waals surface area contributed by atoms with Crippen molar-refractivity contribution in [2.45, 2.75) is 58.3 Å². The van der Waals surface area contributed by atoms with Crippen molar-refractivity contribution in [2.24, 2.45) is 17.3 Å². The number of rotatable bonds is 6. The number of methoxy groups -OCH3 is 1. The molecule has 0 heterocycles. The summed E-state index contributed by atoms with van der Waals surface area (Å²) in [5.74, 6) is -4.27. The number of carbonyl (C=O) groups is 4. The first-order chi connectivity index (χ1) is 14.4. The maximum atomic E-state index is 12.6. The van der Waals surface area contributed by atoms with E-state index in [2.05, 4.69) is 6.58 Å². The van der Waals surface area contributed by atoms with Crippen molar-refractivity contribution in [1.29, 1.82) is 0 Å². The lowest BCUT2D eigenvalue weighted by atomic mass is 9.53. The molecular formula is C22H30O9. The first kappa shape index (κ1) is 24.7. The average Bonchev–Trinajstić information content (AvgIpc) is 2.69. The fourth-order valence-electron chi connectivity index (χ4n) is 4.58. The molecule has 31 heavy (non-hydrogen) atoms. The van der Waals surface area contributed by atoms with Crippen LogP contribution in [0, 0.1) is 17.3 Å². The van der Waals surface area contributed by atoms with Gasteiger partial charge in [-0.1, -0.05) is 13.5 Å². The lowest BCUT2D eigenvalue weighted by molar-refractivity contribution is -0.189. The summed E-state index contributed by atoms with van der Waals surface area (Å²) in [4.78, 5) is 48.3. The zero-order valence-corrected chi connectivity index (χ0v) is 18.3. The minimum atomic E-state index is -1.39. The zero-order chi connectivity index (χ0) is 23.5. The van der Waals surface area contributed by atoms with E-state index in [1.807, 2.05) is 0 Å². The summed E-state index contributed by atoms with van der Waals surface area (Å²) in [6.07, 6.45) is -1.55. The molecule has 2 rings (SSSR count). The Bertz CT molecular complexity index is 799. The monoisotopic (exact) mass is 438 g/mol. The summed E-state index contributed by atoms with van der Waals surface area (Å²) in [7, 11) is 1.16. The summed E-state index contributed by atoms with van der Waals surface area (Å²) in [6.45, 7) is 7.97. The van der Waals surface area contributed by atoms with Crippen LogP contribution in [-0.4, -0.2) is 65.9 Å². The van der Waals surface area contributed by atoms with Crippen LogP contribution in [0.5, 0.6) is 0 Å². The van der Waals surface area contributed by atoms with Gasteiger partial charge in [-0.3, -0.25) is 9.59 Å². The number of esters is 3. The van der Waals surface area contributed by atoms with Crippen LogP contribution in [0.4, 0.5) is 0 Å². The molecule has 172 valence electrons. The Labute approximate surface area is 181 Å². The van der Waals surface area contributed by atoms with Gasteiger partial charge in [-0.15, -0.1) is 0 Å². The van der Waals surface area contributed by atoms with Gasteiger partial charge < -0.3 is 24.4 Å². The Hall–Kier alpha value is -2.52. The van der Waals surface area contributed by atoms with E-state index in [1.165, 1.54) is 19.9 Å². The standard InChI is InChI=1S/C22H30O9/c1-11(8-9-30-13(3)23)20(27)31-15-10-22(4)16(25)7-6-14(24)18(22)19(26)17(15)12(2)21(28)29-5/h8,15-19,25-26H,2,6-7,9-10H2,1,3-5H3/b11-8-/t15-,16-,17-,18-,19-,22+/m1/s1.